The van der Waals surface area contributed by atoms with Crippen LogP contribution in [0.2, 0.25) is 0 Å². The largest absolute Gasteiger partial charge is 0.508 e. The summed E-state index contributed by atoms with van der Waals surface area (Å²) in [5, 5.41) is 12.2. The van der Waals surface area contributed by atoms with Crippen LogP contribution in [0.4, 0.5) is 11.4 Å². The molecule has 0 aromatic heterocycles. The molecule has 0 radical (unpaired) electrons. The smallest absolute Gasteiger partial charge is 0.255 e. The number of phenolic OH excluding ortho intramolecular Hbond substituents is 1. The number of nitrogens with one attached hydrogen (secondary N) is 1. The van der Waals surface area contributed by atoms with Gasteiger partial charge in [-0.3, -0.25) is 4.79 Å². The lowest BCUT2D eigenvalue weighted by Crippen LogP contribution is -2.14. The zero-order chi connectivity index (χ0) is 14.7. The van der Waals surface area contributed by atoms with Gasteiger partial charge in [0.05, 0.1) is 0 Å². The molecule has 0 heterocycles. The number of nitrogens with zero attached hydrogens (tertiary/aromatic N) is 1. The molecule has 1 amide bonds. The van der Waals surface area contributed by atoms with Gasteiger partial charge in [-0.2, -0.15) is 0 Å². The predicted molar refractivity (Wildman–Crippen MR) is 81.6 cm³/mol. The van der Waals surface area contributed by atoms with Gasteiger partial charge in [0, 0.05) is 31.0 Å². The number of anilines is 2. The molecular weight excluding hydrogens is 252 g/mol. The summed E-state index contributed by atoms with van der Waals surface area (Å²) in [7, 11) is 3.92. The summed E-state index contributed by atoms with van der Waals surface area (Å²) >= 11 is 0. The van der Waals surface area contributed by atoms with Crippen molar-refractivity contribution < 1.29 is 9.90 Å². The molecule has 0 fully saturated rings. The number of carbonyl (C=O) groups is 1. The number of aromatic hydroxyl groups is 1. The monoisotopic (exact) mass is 270 g/mol. The van der Waals surface area contributed by atoms with Crippen molar-refractivity contribution in [2.75, 3.05) is 24.3 Å². The fraction of sp³-hybridized carbons (Fsp3) is 0.188. The highest BCUT2D eigenvalue weighted by atomic mass is 16.3. The van der Waals surface area contributed by atoms with Gasteiger partial charge < -0.3 is 15.3 Å². The molecule has 0 atom stereocenters. The Balaban J connectivity index is 2.22. The van der Waals surface area contributed by atoms with Crippen molar-refractivity contribution in [2.45, 2.75) is 6.92 Å². The summed E-state index contributed by atoms with van der Waals surface area (Å²) in [5.41, 5.74) is 3.36. The van der Waals surface area contributed by atoms with Crippen molar-refractivity contribution in [1.29, 1.82) is 0 Å². The van der Waals surface area contributed by atoms with E-state index in [4.69, 9.17) is 0 Å². The molecule has 0 unspecified atom stereocenters. The zero-order valence-corrected chi connectivity index (χ0v) is 11.8. The summed E-state index contributed by atoms with van der Waals surface area (Å²) in [4.78, 5) is 14.1. The molecule has 0 aliphatic carbocycles. The van der Waals surface area contributed by atoms with Gasteiger partial charge in [-0.05, 0) is 42.8 Å². The third-order valence-corrected chi connectivity index (χ3v) is 3.06. The lowest BCUT2D eigenvalue weighted by Gasteiger charge is -2.17. The van der Waals surface area contributed by atoms with Gasteiger partial charge in [-0.15, -0.1) is 0 Å². The SMILES string of the molecule is Cc1ccc(NC(=O)c2cccc(O)c2)cc1N(C)C. The van der Waals surface area contributed by atoms with Crippen molar-refractivity contribution in [1.82, 2.24) is 0 Å². The maximum Gasteiger partial charge on any atom is 0.255 e. The van der Waals surface area contributed by atoms with E-state index in [1.54, 1.807) is 12.1 Å². The Bertz CT molecular complexity index is 636. The number of amides is 1. The van der Waals surface area contributed by atoms with Gasteiger partial charge in [0.25, 0.3) is 5.91 Å². The van der Waals surface area contributed by atoms with Crippen LogP contribution in [0.5, 0.6) is 5.75 Å². The van der Waals surface area contributed by atoms with E-state index in [9.17, 15) is 9.90 Å². The number of phenols is 1. The zero-order valence-electron chi connectivity index (χ0n) is 11.8. The molecule has 2 rings (SSSR count). The molecule has 4 nitrogen and oxygen atoms in total. The van der Waals surface area contributed by atoms with Crippen LogP contribution in [-0.2, 0) is 0 Å². The lowest BCUT2D eigenvalue weighted by atomic mass is 10.1. The fourth-order valence-corrected chi connectivity index (χ4v) is 2.02. The standard InChI is InChI=1S/C16H18N2O2/c1-11-7-8-13(10-15(11)18(2)3)17-16(20)12-5-4-6-14(19)9-12/h4-10,19H,1-3H3,(H,17,20). The van der Waals surface area contributed by atoms with E-state index in [-0.39, 0.29) is 11.7 Å². The minimum Gasteiger partial charge on any atom is -0.508 e. The van der Waals surface area contributed by atoms with E-state index in [0.717, 1.165) is 16.9 Å². The number of hydrogen-bond donors (Lipinski definition) is 2. The first-order valence-electron chi connectivity index (χ1n) is 6.36. The van der Waals surface area contributed by atoms with Crippen LogP contribution in [0.25, 0.3) is 0 Å². The number of rotatable bonds is 3. The number of aryl methyl sites for hydroxylation is 1. The van der Waals surface area contributed by atoms with E-state index >= 15 is 0 Å². The first-order chi connectivity index (χ1) is 9.47. The van der Waals surface area contributed by atoms with Gasteiger partial charge in [-0.25, -0.2) is 0 Å². The van der Waals surface area contributed by atoms with Gasteiger partial charge in [0.2, 0.25) is 0 Å². The molecule has 2 aromatic carbocycles. The van der Waals surface area contributed by atoms with E-state index in [0.29, 0.717) is 5.56 Å². The normalized spacial score (nSPS) is 10.2. The van der Waals surface area contributed by atoms with Gasteiger partial charge in [0.1, 0.15) is 5.75 Å². The second-order valence-corrected chi connectivity index (χ2v) is 4.90. The van der Waals surface area contributed by atoms with Crippen LogP contribution >= 0.6 is 0 Å². The van der Waals surface area contributed by atoms with E-state index in [2.05, 4.69) is 5.32 Å². The lowest BCUT2D eigenvalue weighted by molar-refractivity contribution is 0.102. The highest BCUT2D eigenvalue weighted by Crippen LogP contribution is 2.23. The Morgan fingerprint density at radius 2 is 1.90 bits per heavy atom. The number of hydrogen-bond acceptors (Lipinski definition) is 3. The minimum atomic E-state index is -0.241. The first-order valence-corrected chi connectivity index (χ1v) is 6.36. The predicted octanol–water partition coefficient (Wildman–Crippen LogP) is 3.02. The highest BCUT2D eigenvalue weighted by molar-refractivity contribution is 6.04. The molecule has 104 valence electrons. The van der Waals surface area contributed by atoms with Crippen LogP contribution in [0.3, 0.4) is 0 Å². The van der Waals surface area contributed by atoms with E-state index in [1.165, 1.54) is 12.1 Å². The summed E-state index contributed by atoms with van der Waals surface area (Å²) < 4.78 is 0. The average molecular weight is 270 g/mol. The third kappa shape index (κ3) is 3.09. The van der Waals surface area contributed by atoms with Crippen molar-refractivity contribution in [3.05, 3.63) is 53.6 Å². The maximum absolute atomic E-state index is 12.1. The molecule has 0 saturated carbocycles. The number of carbonyl (C=O) groups excluding carboxylic acids is 1. The average Bonchev–Trinajstić information content (AvgIpc) is 2.40. The topological polar surface area (TPSA) is 52.6 Å². The second-order valence-electron chi connectivity index (χ2n) is 4.90. The van der Waals surface area contributed by atoms with Crippen molar-refractivity contribution in [3.63, 3.8) is 0 Å². The van der Waals surface area contributed by atoms with Crippen LogP contribution in [0.1, 0.15) is 15.9 Å². The summed E-state index contributed by atoms with van der Waals surface area (Å²) in [6.07, 6.45) is 0. The molecule has 0 aliphatic heterocycles. The van der Waals surface area contributed by atoms with E-state index < -0.39 is 0 Å². The van der Waals surface area contributed by atoms with Crippen molar-refractivity contribution in [3.8, 4) is 5.75 Å². The Kier molecular flexibility index (Phi) is 3.94. The molecule has 2 aromatic rings. The molecule has 0 bridgehead atoms. The van der Waals surface area contributed by atoms with Crippen LogP contribution in [0.15, 0.2) is 42.5 Å². The van der Waals surface area contributed by atoms with Crippen LogP contribution in [-0.4, -0.2) is 25.1 Å². The number of benzene rings is 2. The van der Waals surface area contributed by atoms with Gasteiger partial charge >= 0.3 is 0 Å². The molecule has 0 spiro atoms. The molecule has 20 heavy (non-hydrogen) atoms. The van der Waals surface area contributed by atoms with Gasteiger partial charge in [0.15, 0.2) is 0 Å². The summed E-state index contributed by atoms with van der Waals surface area (Å²) in [5.74, 6) is -0.162. The second kappa shape index (κ2) is 5.65. The van der Waals surface area contributed by atoms with Crippen LogP contribution in [0, 0.1) is 6.92 Å². The minimum absolute atomic E-state index is 0.0792. The van der Waals surface area contributed by atoms with E-state index in [1.807, 2.05) is 44.1 Å². The highest BCUT2D eigenvalue weighted by Gasteiger charge is 2.08. The summed E-state index contributed by atoms with van der Waals surface area (Å²) in [6, 6.07) is 12.0. The fourth-order valence-electron chi connectivity index (χ4n) is 2.02. The molecule has 0 saturated heterocycles. The quantitative estimate of drug-likeness (QED) is 0.901. The Labute approximate surface area is 118 Å². The Hall–Kier alpha value is -2.49. The maximum atomic E-state index is 12.1. The Morgan fingerprint density at radius 3 is 2.55 bits per heavy atom. The Morgan fingerprint density at radius 1 is 1.15 bits per heavy atom. The summed E-state index contributed by atoms with van der Waals surface area (Å²) in [6.45, 7) is 2.02. The molecule has 2 N–H and O–H groups in total. The van der Waals surface area contributed by atoms with Crippen LogP contribution < -0.4 is 10.2 Å². The third-order valence-electron chi connectivity index (χ3n) is 3.06. The van der Waals surface area contributed by atoms with Crippen molar-refractivity contribution in [2.24, 2.45) is 0 Å². The molecular formula is C16H18N2O2. The first kappa shape index (κ1) is 13.9. The molecule has 0 aliphatic rings. The molecule has 4 heteroatoms. The van der Waals surface area contributed by atoms with Crippen molar-refractivity contribution >= 4 is 17.3 Å². The van der Waals surface area contributed by atoms with Gasteiger partial charge in [-0.1, -0.05) is 12.1 Å².